The van der Waals surface area contributed by atoms with Crippen LogP contribution in [0.4, 0.5) is 5.82 Å². The molecule has 0 radical (unpaired) electrons. The Labute approximate surface area is 166 Å². The minimum absolute atomic E-state index is 0.0171. The molecule has 0 aliphatic carbocycles. The molecule has 0 saturated carbocycles. The average Bonchev–Trinajstić information content (AvgIpc) is 3.07. The number of hydrogen-bond acceptors (Lipinski definition) is 7. The summed E-state index contributed by atoms with van der Waals surface area (Å²) in [5.74, 6) is 0.976. The molecule has 5 rings (SSSR count). The van der Waals surface area contributed by atoms with Gasteiger partial charge in [-0.2, -0.15) is 0 Å². The van der Waals surface area contributed by atoms with E-state index in [0.717, 1.165) is 46.6 Å². The van der Waals surface area contributed by atoms with Crippen LogP contribution in [0.2, 0.25) is 0 Å². The Kier molecular flexibility index (Phi) is 4.19. The number of aromatic nitrogens is 3. The van der Waals surface area contributed by atoms with Crippen molar-refractivity contribution in [3.8, 4) is 0 Å². The minimum atomic E-state index is -0.254. The lowest BCUT2D eigenvalue weighted by molar-refractivity contribution is -0.0396. The Hall–Kier alpha value is -2.03. The SMILES string of the molecule is CCn1cnc2c(sc3nc(N4CCOCC4)c4c(c32)CC(C)(C)OC4)c1=O. The zero-order valence-electron chi connectivity index (χ0n) is 16.4. The molecule has 8 heteroatoms. The van der Waals surface area contributed by atoms with Gasteiger partial charge in [0.15, 0.2) is 0 Å². The molecule has 28 heavy (non-hydrogen) atoms. The van der Waals surface area contributed by atoms with Crippen molar-refractivity contribution >= 4 is 37.6 Å². The fraction of sp³-hybridized carbons (Fsp3) is 0.550. The van der Waals surface area contributed by atoms with Crippen molar-refractivity contribution in [3.05, 3.63) is 27.8 Å². The van der Waals surface area contributed by atoms with Gasteiger partial charge in [0, 0.05) is 37.0 Å². The summed E-state index contributed by atoms with van der Waals surface area (Å²) in [5.41, 5.74) is 2.91. The van der Waals surface area contributed by atoms with E-state index in [9.17, 15) is 4.79 Å². The lowest BCUT2D eigenvalue weighted by atomic mass is 9.90. The highest BCUT2D eigenvalue weighted by Crippen LogP contribution is 2.42. The Morgan fingerprint density at radius 1 is 1.25 bits per heavy atom. The van der Waals surface area contributed by atoms with Gasteiger partial charge in [0.05, 0.1) is 37.3 Å². The lowest BCUT2D eigenvalue weighted by Gasteiger charge is -2.36. The molecule has 2 aliphatic rings. The summed E-state index contributed by atoms with van der Waals surface area (Å²) in [6, 6.07) is 0. The van der Waals surface area contributed by atoms with Crippen molar-refractivity contribution in [3.63, 3.8) is 0 Å². The summed E-state index contributed by atoms with van der Waals surface area (Å²) in [4.78, 5) is 25.7. The lowest BCUT2D eigenvalue weighted by Crippen LogP contribution is -2.39. The van der Waals surface area contributed by atoms with Crippen molar-refractivity contribution < 1.29 is 9.47 Å². The average molecular weight is 401 g/mol. The second-order valence-corrected chi connectivity index (χ2v) is 9.01. The first-order chi connectivity index (χ1) is 13.5. The van der Waals surface area contributed by atoms with E-state index in [2.05, 4.69) is 23.7 Å². The van der Waals surface area contributed by atoms with Gasteiger partial charge in [-0.3, -0.25) is 9.36 Å². The fourth-order valence-electron chi connectivity index (χ4n) is 4.14. The van der Waals surface area contributed by atoms with Gasteiger partial charge in [0.1, 0.15) is 15.3 Å². The Balaban J connectivity index is 1.82. The topological polar surface area (TPSA) is 69.5 Å². The van der Waals surface area contributed by atoms with Gasteiger partial charge in [0.25, 0.3) is 5.56 Å². The Morgan fingerprint density at radius 3 is 2.79 bits per heavy atom. The van der Waals surface area contributed by atoms with Crippen LogP contribution in [0.25, 0.3) is 20.4 Å². The maximum absolute atomic E-state index is 12.9. The standard InChI is InChI=1S/C20H24N4O3S/c1-4-23-11-21-15-14-12-9-20(2,3)27-10-13(12)17(24-5-7-26-8-6-24)22-18(14)28-16(15)19(23)25/h11H,4-10H2,1-3H3. The number of ether oxygens (including phenoxy) is 2. The van der Waals surface area contributed by atoms with Crippen molar-refractivity contribution in [2.75, 3.05) is 31.2 Å². The Bertz CT molecular complexity index is 1130. The van der Waals surface area contributed by atoms with Gasteiger partial charge in [-0.05, 0) is 26.3 Å². The molecule has 1 saturated heterocycles. The second-order valence-electron chi connectivity index (χ2n) is 8.01. The predicted octanol–water partition coefficient (Wildman–Crippen LogP) is 2.71. The number of aryl methyl sites for hydroxylation is 1. The van der Waals surface area contributed by atoms with E-state index in [1.54, 1.807) is 10.9 Å². The van der Waals surface area contributed by atoms with Crippen molar-refractivity contribution in [2.24, 2.45) is 0 Å². The van der Waals surface area contributed by atoms with Crippen molar-refractivity contribution in [2.45, 2.75) is 45.9 Å². The van der Waals surface area contributed by atoms with Crippen LogP contribution in [-0.2, 0) is 29.0 Å². The molecule has 0 amide bonds. The first kappa shape index (κ1) is 18.0. The molecule has 3 aromatic heterocycles. The molecule has 3 aromatic rings. The van der Waals surface area contributed by atoms with Crippen LogP contribution >= 0.6 is 11.3 Å². The molecule has 0 bridgehead atoms. The van der Waals surface area contributed by atoms with Gasteiger partial charge < -0.3 is 14.4 Å². The first-order valence-electron chi connectivity index (χ1n) is 9.78. The molecule has 7 nitrogen and oxygen atoms in total. The third-order valence-corrected chi connectivity index (χ3v) is 6.71. The molecular formula is C20H24N4O3S. The number of thiophene rings is 1. The number of pyridine rings is 1. The number of hydrogen-bond donors (Lipinski definition) is 0. The van der Waals surface area contributed by atoms with Crippen molar-refractivity contribution in [1.82, 2.24) is 14.5 Å². The van der Waals surface area contributed by atoms with E-state index >= 15 is 0 Å². The third-order valence-electron chi connectivity index (χ3n) is 5.65. The quantitative estimate of drug-likeness (QED) is 0.659. The highest BCUT2D eigenvalue weighted by molar-refractivity contribution is 7.25. The fourth-order valence-corrected chi connectivity index (χ4v) is 5.25. The van der Waals surface area contributed by atoms with E-state index < -0.39 is 0 Å². The van der Waals surface area contributed by atoms with Crippen LogP contribution < -0.4 is 10.5 Å². The molecular weight excluding hydrogens is 376 g/mol. The van der Waals surface area contributed by atoms with E-state index in [-0.39, 0.29) is 11.2 Å². The van der Waals surface area contributed by atoms with Gasteiger partial charge in [-0.25, -0.2) is 9.97 Å². The maximum Gasteiger partial charge on any atom is 0.271 e. The van der Waals surface area contributed by atoms with E-state index in [4.69, 9.17) is 14.5 Å². The summed E-state index contributed by atoms with van der Waals surface area (Å²) in [5, 5.41) is 1.03. The van der Waals surface area contributed by atoms with Gasteiger partial charge in [0.2, 0.25) is 0 Å². The molecule has 0 atom stereocenters. The summed E-state index contributed by atoms with van der Waals surface area (Å²) < 4.78 is 14.0. The summed E-state index contributed by atoms with van der Waals surface area (Å²) in [6.07, 6.45) is 2.44. The van der Waals surface area contributed by atoms with Crippen LogP contribution in [0, 0.1) is 0 Å². The normalized spacial score (nSPS) is 19.3. The molecule has 1 fully saturated rings. The highest BCUT2D eigenvalue weighted by atomic mass is 32.1. The molecule has 0 N–H and O–H groups in total. The molecule has 0 spiro atoms. The van der Waals surface area contributed by atoms with Crippen LogP contribution in [0.3, 0.4) is 0 Å². The van der Waals surface area contributed by atoms with Crippen LogP contribution in [0.1, 0.15) is 31.9 Å². The van der Waals surface area contributed by atoms with Crippen LogP contribution in [0.15, 0.2) is 11.1 Å². The van der Waals surface area contributed by atoms with E-state index in [1.807, 2.05) is 6.92 Å². The predicted molar refractivity (Wildman–Crippen MR) is 110 cm³/mol. The molecule has 0 aromatic carbocycles. The number of rotatable bonds is 2. The summed E-state index contributed by atoms with van der Waals surface area (Å²) in [7, 11) is 0. The second kappa shape index (κ2) is 6.50. The largest absolute Gasteiger partial charge is 0.378 e. The van der Waals surface area contributed by atoms with Crippen LogP contribution in [0.5, 0.6) is 0 Å². The summed E-state index contributed by atoms with van der Waals surface area (Å²) >= 11 is 1.46. The summed E-state index contributed by atoms with van der Waals surface area (Å²) in [6.45, 7) is 10.4. The molecule has 5 heterocycles. The van der Waals surface area contributed by atoms with Crippen molar-refractivity contribution in [1.29, 1.82) is 0 Å². The monoisotopic (exact) mass is 400 g/mol. The molecule has 2 aliphatic heterocycles. The van der Waals surface area contributed by atoms with E-state index in [1.165, 1.54) is 16.9 Å². The van der Waals surface area contributed by atoms with E-state index in [0.29, 0.717) is 31.1 Å². The minimum Gasteiger partial charge on any atom is -0.378 e. The smallest absolute Gasteiger partial charge is 0.271 e. The third kappa shape index (κ3) is 2.74. The zero-order chi connectivity index (χ0) is 19.5. The number of morpholine rings is 1. The van der Waals surface area contributed by atoms with Crippen LogP contribution in [-0.4, -0.2) is 46.4 Å². The highest BCUT2D eigenvalue weighted by Gasteiger charge is 2.33. The molecule has 148 valence electrons. The maximum atomic E-state index is 12.9. The van der Waals surface area contributed by atoms with Gasteiger partial charge >= 0.3 is 0 Å². The van der Waals surface area contributed by atoms with Gasteiger partial charge in [-0.15, -0.1) is 11.3 Å². The number of fused-ring (bicyclic) bond motifs is 5. The van der Waals surface area contributed by atoms with Gasteiger partial charge in [-0.1, -0.05) is 0 Å². The Morgan fingerprint density at radius 2 is 2.04 bits per heavy atom. The molecule has 0 unspecified atom stereocenters. The number of nitrogens with zero attached hydrogens (tertiary/aromatic N) is 4. The number of anilines is 1. The zero-order valence-corrected chi connectivity index (χ0v) is 17.3. The first-order valence-corrected chi connectivity index (χ1v) is 10.6.